The first-order valence-corrected chi connectivity index (χ1v) is 8.65. The van der Waals surface area contributed by atoms with E-state index in [9.17, 15) is 0 Å². The first-order chi connectivity index (χ1) is 10.2. The second-order valence-electron chi connectivity index (χ2n) is 6.15. The van der Waals surface area contributed by atoms with E-state index in [1.54, 1.807) is 0 Å². The molecule has 0 spiro atoms. The van der Waals surface area contributed by atoms with E-state index in [2.05, 4.69) is 49.9 Å². The summed E-state index contributed by atoms with van der Waals surface area (Å²) in [5, 5.41) is 0. The molecule has 1 aromatic rings. The minimum atomic E-state index is 1.10. The molecular formula is C21H32. The zero-order valence-electron chi connectivity index (χ0n) is 14.0. The molecule has 1 rings (SSSR count). The van der Waals surface area contributed by atoms with E-state index >= 15 is 0 Å². The van der Waals surface area contributed by atoms with Crippen LogP contribution in [0.1, 0.15) is 76.3 Å². The Kier molecular flexibility index (Phi) is 9.61. The van der Waals surface area contributed by atoms with Crippen molar-refractivity contribution in [2.75, 3.05) is 0 Å². The minimum absolute atomic E-state index is 1.10. The van der Waals surface area contributed by atoms with Crippen molar-refractivity contribution in [1.29, 1.82) is 0 Å². The molecule has 0 amide bonds. The molecule has 0 heteroatoms. The molecule has 0 bridgehead atoms. The van der Waals surface area contributed by atoms with Gasteiger partial charge >= 0.3 is 0 Å². The summed E-state index contributed by atoms with van der Waals surface area (Å²) in [5.41, 5.74) is 3.82. The van der Waals surface area contributed by atoms with Crippen LogP contribution in [0.2, 0.25) is 0 Å². The highest BCUT2D eigenvalue weighted by Gasteiger charge is 1.95. The fourth-order valence-electron chi connectivity index (χ4n) is 2.50. The Morgan fingerprint density at radius 2 is 1.48 bits per heavy atom. The molecule has 0 N–H and O–H groups in total. The Bertz CT molecular complexity index is 408. The quantitative estimate of drug-likeness (QED) is 0.304. The summed E-state index contributed by atoms with van der Waals surface area (Å²) in [6.07, 6.45) is 16.6. The average Bonchev–Trinajstić information content (AvgIpc) is 2.49. The van der Waals surface area contributed by atoms with Crippen LogP contribution in [0.3, 0.4) is 0 Å². The van der Waals surface area contributed by atoms with Gasteiger partial charge in [0.1, 0.15) is 0 Å². The highest BCUT2D eigenvalue weighted by Crippen LogP contribution is 2.13. The number of hydrogen-bond acceptors (Lipinski definition) is 0. The number of allylic oxidation sites excluding steroid dienone is 2. The summed E-state index contributed by atoms with van der Waals surface area (Å²) >= 11 is 0. The fraction of sp³-hybridized carbons (Fsp3) is 0.524. The SMILES string of the molecule is C=C(C)/C=C/c1ccc(CCCCCCCCCC)cc1. The number of hydrogen-bond donors (Lipinski definition) is 0. The van der Waals surface area contributed by atoms with Gasteiger partial charge < -0.3 is 0 Å². The van der Waals surface area contributed by atoms with Crippen molar-refractivity contribution >= 4 is 6.08 Å². The third-order valence-electron chi connectivity index (χ3n) is 3.86. The molecule has 0 heterocycles. The maximum absolute atomic E-state index is 3.88. The van der Waals surface area contributed by atoms with E-state index in [-0.39, 0.29) is 0 Å². The van der Waals surface area contributed by atoms with Gasteiger partial charge in [0.15, 0.2) is 0 Å². The van der Waals surface area contributed by atoms with Gasteiger partial charge in [0.05, 0.1) is 0 Å². The topological polar surface area (TPSA) is 0 Å². The molecule has 0 saturated carbocycles. The lowest BCUT2D eigenvalue weighted by Gasteiger charge is -2.03. The summed E-state index contributed by atoms with van der Waals surface area (Å²) in [6.45, 7) is 8.18. The van der Waals surface area contributed by atoms with Crippen molar-refractivity contribution in [3.05, 3.63) is 53.6 Å². The van der Waals surface area contributed by atoms with Crippen LogP contribution in [-0.4, -0.2) is 0 Å². The first kappa shape index (κ1) is 17.8. The molecule has 21 heavy (non-hydrogen) atoms. The summed E-state index contributed by atoms with van der Waals surface area (Å²) in [4.78, 5) is 0. The molecule has 116 valence electrons. The Labute approximate surface area is 132 Å². The molecule has 0 aliphatic rings. The van der Waals surface area contributed by atoms with Gasteiger partial charge in [-0.15, -0.1) is 0 Å². The first-order valence-electron chi connectivity index (χ1n) is 8.65. The Hall–Kier alpha value is -1.30. The molecule has 0 aliphatic carbocycles. The van der Waals surface area contributed by atoms with Crippen LogP contribution in [0.5, 0.6) is 0 Å². The zero-order valence-corrected chi connectivity index (χ0v) is 14.0. The van der Waals surface area contributed by atoms with Crippen molar-refractivity contribution in [3.8, 4) is 0 Å². The van der Waals surface area contributed by atoms with Gasteiger partial charge in [-0.05, 0) is 30.9 Å². The van der Waals surface area contributed by atoms with Gasteiger partial charge in [-0.2, -0.15) is 0 Å². The molecule has 0 saturated heterocycles. The lowest BCUT2D eigenvalue weighted by Crippen LogP contribution is -1.87. The van der Waals surface area contributed by atoms with Crippen molar-refractivity contribution in [2.24, 2.45) is 0 Å². The van der Waals surface area contributed by atoms with E-state index in [0.717, 1.165) is 5.57 Å². The van der Waals surface area contributed by atoms with Gasteiger partial charge in [-0.25, -0.2) is 0 Å². The summed E-state index contributed by atoms with van der Waals surface area (Å²) < 4.78 is 0. The number of benzene rings is 1. The van der Waals surface area contributed by atoms with Gasteiger partial charge in [-0.1, -0.05) is 100 Å². The van der Waals surface area contributed by atoms with Crippen molar-refractivity contribution < 1.29 is 0 Å². The predicted molar refractivity (Wildman–Crippen MR) is 96.6 cm³/mol. The number of rotatable bonds is 11. The zero-order chi connectivity index (χ0) is 15.3. The molecule has 0 aromatic heterocycles. The van der Waals surface area contributed by atoms with Crippen LogP contribution >= 0.6 is 0 Å². The minimum Gasteiger partial charge on any atom is -0.0961 e. The van der Waals surface area contributed by atoms with Gasteiger partial charge in [-0.3, -0.25) is 0 Å². The third-order valence-corrected chi connectivity index (χ3v) is 3.86. The Morgan fingerprint density at radius 3 is 2.05 bits per heavy atom. The summed E-state index contributed by atoms with van der Waals surface area (Å²) in [6, 6.07) is 8.94. The van der Waals surface area contributed by atoms with Gasteiger partial charge in [0.2, 0.25) is 0 Å². The van der Waals surface area contributed by atoms with Crippen LogP contribution in [0.15, 0.2) is 42.5 Å². The summed E-state index contributed by atoms with van der Waals surface area (Å²) in [5.74, 6) is 0. The second kappa shape index (κ2) is 11.4. The molecule has 0 radical (unpaired) electrons. The Morgan fingerprint density at radius 1 is 0.905 bits per heavy atom. The van der Waals surface area contributed by atoms with Crippen LogP contribution in [0.25, 0.3) is 6.08 Å². The molecule has 0 atom stereocenters. The van der Waals surface area contributed by atoms with E-state index in [1.807, 2.05) is 6.92 Å². The maximum Gasteiger partial charge on any atom is -0.0256 e. The second-order valence-corrected chi connectivity index (χ2v) is 6.15. The van der Waals surface area contributed by atoms with Gasteiger partial charge in [0.25, 0.3) is 0 Å². The van der Waals surface area contributed by atoms with Crippen molar-refractivity contribution in [3.63, 3.8) is 0 Å². The predicted octanol–water partition coefficient (Wildman–Crippen LogP) is 6.96. The Balaban J connectivity index is 2.14. The van der Waals surface area contributed by atoms with E-state index in [0.29, 0.717) is 0 Å². The van der Waals surface area contributed by atoms with Crippen LogP contribution in [0.4, 0.5) is 0 Å². The lowest BCUT2D eigenvalue weighted by atomic mass is 10.0. The fourth-order valence-corrected chi connectivity index (χ4v) is 2.50. The van der Waals surface area contributed by atoms with E-state index in [4.69, 9.17) is 0 Å². The van der Waals surface area contributed by atoms with Crippen LogP contribution in [0, 0.1) is 0 Å². The highest BCUT2D eigenvalue weighted by molar-refractivity contribution is 5.52. The van der Waals surface area contributed by atoms with Crippen LogP contribution < -0.4 is 0 Å². The van der Waals surface area contributed by atoms with Crippen molar-refractivity contribution in [1.82, 2.24) is 0 Å². The molecule has 0 aliphatic heterocycles. The van der Waals surface area contributed by atoms with Crippen molar-refractivity contribution in [2.45, 2.75) is 71.6 Å². The largest absolute Gasteiger partial charge is 0.0961 e. The standard InChI is InChI=1S/C21H32/c1-4-5-6-7-8-9-10-11-12-20-15-17-21(18-16-20)14-13-19(2)3/h13-18H,2,4-12H2,1,3H3/b14-13+. The number of aryl methyl sites for hydroxylation is 1. The monoisotopic (exact) mass is 284 g/mol. The van der Waals surface area contributed by atoms with Crippen LogP contribution in [-0.2, 0) is 6.42 Å². The van der Waals surface area contributed by atoms with E-state index in [1.165, 1.54) is 68.9 Å². The third kappa shape index (κ3) is 9.28. The van der Waals surface area contributed by atoms with Gasteiger partial charge in [0, 0.05) is 0 Å². The normalized spacial score (nSPS) is 11.1. The molecule has 1 aromatic carbocycles. The molecule has 0 nitrogen and oxygen atoms in total. The molecular weight excluding hydrogens is 252 g/mol. The average molecular weight is 284 g/mol. The maximum atomic E-state index is 3.88. The highest BCUT2D eigenvalue weighted by atomic mass is 14.0. The molecule has 0 fully saturated rings. The van der Waals surface area contributed by atoms with E-state index < -0.39 is 0 Å². The lowest BCUT2D eigenvalue weighted by molar-refractivity contribution is 0.575. The number of unbranched alkanes of at least 4 members (excludes halogenated alkanes) is 7. The summed E-state index contributed by atoms with van der Waals surface area (Å²) in [7, 11) is 0. The molecule has 0 unspecified atom stereocenters. The smallest absolute Gasteiger partial charge is 0.0256 e.